The van der Waals surface area contributed by atoms with Gasteiger partial charge in [0.1, 0.15) is 24.5 Å². The Hall–Kier alpha value is -3.69. The Kier molecular flexibility index (Phi) is 5.93. The van der Waals surface area contributed by atoms with Crippen molar-refractivity contribution in [3.8, 4) is 5.88 Å². The number of fused-ring (bicyclic) bond motifs is 1. The summed E-state index contributed by atoms with van der Waals surface area (Å²) in [7, 11) is 0. The first kappa shape index (κ1) is 21.5. The van der Waals surface area contributed by atoms with Gasteiger partial charge in [-0.3, -0.25) is 4.79 Å². The first-order valence-electron chi connectivity index (χ1n) is 9.75. The zero-order chi connectivity index (χ0) is 22.7. The third-order valence-electron chi connectivity index (χ3n) is 4.85. The summed E-state index contributed by atoms with van der Waals surface area (Å²) in [6.45, 7) is -0.951. The van der Waals surface area contributed by atoms with Gasteiger partial charge in [-0.25, -0.2) is 9.37 Å². The average Bonchev–Trinajstić information content (AvgIpc) is 3.21. The van der Waals surface area contributed by atoms with Crippen molar-refractivity contribution >= 4 is 17.5 Å². The van der Waals surface area contributed by atoms with E-state index in [2.05, 4.69) is 9.97 Å². The van der Waals surface area contributed by atoms with E-state index in [4.69, 9.17) is 4.74 Å². The lowest BCUT2D eigenvalue weighted by Gasteiger charge is -2.19. The Morgan fingerprint density at radius 2 is 1.88 bits per heavy atom. The fourth-order valence-electron chi connectivity index (χ4n) is 3.31. The average molecular weight is 446 g/mol. The molecule has 0 radical (unpaired) electrons. The second-order valence-corrected chi connectivity index (χ2v) is 7.13. The number of benzene rings is 2. The number of anilines is 2. The molecule has 1 N–H and O–H groups in total. The van der Waals surface area contributed by atoms with Crippen molar-refractivity contribution in [2.45, 2.75) is 19.2 Å². The van der Waals surface area contributed by atoms with Gasteiger partial charge in [0.05, 0.1) is 0 Å². The van der Waals surface area contributed by atoms with Crippen LogP contribution in [-0.4, -0.2) is 35.1 Å². The van der Waals surface area contributed by atoms with Crippen molar-refractivity contribution < 1.29 is 27.1 Å². The topological polar surface area (TPSA) is 67.4 Å². The van der Waals surface area contributed by atoms with Crippen LogP contribution in [0.2, 0.25) is 0 Å². The number of hydrogen-bond donors (Lipinski definition) is 1. The molecule has 0 fully saturated rings. The molecule has 3 aromatic rings. The largest absolute Gasteiger partial charge is 0.472 e. The zero-order valence-electron chi connectivity index (χ0n) is 16.7. The molecule has 166 valence electrons. The summed E-state index contributed by atoms with van der Waals surface area (Å²) in [5, 5.41) is 1.80. The van der Waals surface area contributed by atoms with Crippen molar-refractivity contribution in [3.63, 3.8) is 0 Å². The van der Waals surface area contributed by atoms with Crippen molar-refractivity contribution in [1.82, 2.24) is 15.3 Å². The number of halogens is 4. The Morgan fingerprint density at radius 3 is 2.62 bits per heavy atom. The number of hydrogen-bond acceptors (Lipinski definition) is 5. The van der Waals surface area contributed by atoms with Crippen LogP contribution in [0.25, 0.3) is 0 Å². The first-order valence-corrected chi connectivity index (χ1v) is 9.75. The van der Waals surface area contributed by atoms with E-state index in [0.717, 1.165) is 23.9 Å². The lowest BCUT2D eigenvalue weighted by molar-refractivity contribution is -0.123. The van der Waals surface area contributed by atoms with Crippen LogP contribution in [0.1, 0.15) is 21.5 Å². The minimum Gasteiger partial charge on any atom is -0.472 e. The quantitative estimate of drug-likeness (QED) is 0.576. The normalized spacial score (nSPS) is 13.1. The summed E-state index contributed by atoms with van der Waals surface area (Å²) in [4.78, 5) is 22.7. The maximum Gasteiger partial charge on any atom is 0.405 e. The maximum absolute atomic E-state index is 13.1. The number of nitrogens with zero attached hydrogens (tertiary/aromatic N) is 3. The highest BCUT2D eigenvalue weighted by Crippen LogP contribution is 2.33. The van der Waals surface area contributed by atoms with Crippen LogP contribution in [0.3, 0.4) is 0 Å². The Bertz CT molecular complexity index is 1120. The fraction of sp³-hybridized carbons (Fsp3) is 0.227. The van der Waals surface area contributed by atoms with Gasteiger partial charge >= 0.3 is 6.18 Å². The molecule has 0 bridgehead atoms. The molecule has 0 atom stereocenters. The van der Waals surface area contributed by atoms with E-state index >= 15 is 0 Å². The van der Waals surface area contributed by atoms with E-state index in [1.54, 1.807) is 5.32 Å². The number of ether oxygens (including phenoxy) is 1. The number of carbonyl (C=O) groups is 1. The highest BCUT2D eigenvalue weighted by molar-refractivity contribution is 5.96. The van der Waals surface area contributed by atoms with Crippen LogP contribution in [0.15, 0.2) is 54.7 Å². The Balaban J connectivity index is 1.62. The molecule has 4 rings (SSSR count). The minimum atomic E-state index is -4.56. The smallest absolute Gasteiger partial charge is 0.405 e. The van der Waals surface area contributed by atoms with Gasteiger partial charge in [0.25, 0.3) is 5.91 Å². The molecule has 1 aliphatic rings. The number of aromatic nitrogens is 2. The molecule has 0 spiro atoms. The summed E-state index contributed by atoms with van der Waals surface area (Å²) in [5.74, 6) is -1.33. The molecule has 0 saturated heterocycles. The van der Waals surface area contributed by atoms with Crippen LogP contribution in [0.5, 0.6) is 5.88 Å². The van der Waals surface area contributed by atoms with Crippen molar-refractivity contribution in [1.29, 1.82) is 0 Å². The van der Waals surface area contributed by atoms with E-state index < -0.39 is 24.4 Å². The standard InChI is InChI=1S/C22H18F4N4O2/c23-16-7-5-14(6-8-16)12-32-20-17(19(31)28-13-22(24,25)26)11-27-21(29-20)30-10-9-15-3-1-2-4-18(15)30/h1-8,11H,9-10,12-13H2,(H,28,31). The van der Waals surface area contributed by atoms with Gasteiger partial charge in [0, 0.05) is 18.4 Å². The summed E-state index contributed by atoms with van der Waals surface area (Å²) < 4.78 is 56.4. The number of carbonyl (C=O) groups excluding carboxylic acids is 1. The van der Waals surface area contributed by atoms with Crippen molar-refractivity contribution in [3.05, 3.63) is 77.2 Å². The van der Waals surface area contributed by atoms with Crippen LogP contribution in [0, 0.1) is 5.82 Å². The first-order chi connectivity index (χ1) is 15.3. The van der Waals surface area contributed by atoms with E-state index in [1.807, 2.05) is 29.2 Å². The molecule has 0 saturated carbocycles. The van der Waals surface area contributed by atoms with Gasteiger partial charge in [-0.05, 0) is 35.7 Å². The molecule has 0 aliphatic carbocycles. The molecule has 1 amide bonds. The van der Waals surface area contributed by atoms with Crippen LogP contribution < -0.4 is 15.0 Å². The van der Waals surface area contributed by atoms with Gasteiger partial charge in [0.2, 0.25) is 11.8 Å². The van der Waals surface area contributed by atoms with Crippen molar-refractivity contribution in [2.75, 3.05) is 18.0 Å². The number of alkyl halides is 3. The van der Waals surface area contributed by atoms with Crippen LogP contribution >= 0.6 is 0 Å². The predicted octanol–water partition coefficient (Wildman–Crippen LogP) is 4.18. The summed E-state index contributed by atoms with van der Waals surface area (Å²) >= 11 is 0. The Morgan fingerprint density at radius 1 is 1.12 bits per heavy atom. The van der Waals surface area contributed by atoms with Gasteiger partial charge in [-0.15, -0.1) is 0 Å². The molecule has 32 heavy (non-hydrogen) atoms. The number of para-hydroxylation sites is 1. The maximum atomic E-state index is 13.1. The fourth-order valence-corrected chi connectivity index (χ4v) is 3.31. The minimum absolute atomic E-state index is 0.0626. The summed E-state index contributed by atoms with van der Waals surface area (Å²) in [6.07, 6.45) is -2.64. The molecule has 10 heteroatoms. The molecule has 1 aliphatic heterocycles. The second kappa shape index (κ2) is 8.81. The summed E-state index contributed by atoms with van der Waals surface area (Å²) in [5.41, 5.74) is 2.38. The lowest BCUT2D eigenvalue weighted by atomic mass is 10.2. The second-order valence-electron chi connectivity index (χ2n) is 7.13. The number of nitrogens with one attached hydrogen (secondary N) is 1. The van der Waals surface area contributed by atoms with E-state index in [9.17, 15) is 22.4 Å². The summed E-state index contributed by atoms with van der Waals surface area (Å²) in [6, 6.07) is 13.2. The third kappa shape index (κ3) is 4.96. The number of rotatable bonds is 6. The number of amides is 1. The van der Waals surface area contributed by atoms with Crippen LogP contribution in [0.4, 0.5) is 29.2 Å². The van der Waals surface area contributed by atoms with Crippen LogP contribution in [-0.2, 0) is 13.0 Å². The SMILES string of the molecule is O=C(NCC(F)(F)F)c1cnc(N2CCc3ccccc32)nc1OCc1ccc(F)cc1. The third-order valence-corrected chi connectivity index (χ3v) is 4.85. The molecule has 1 aromatic heterocycles. The molecule has 6 nitrogen and oxygen atoms in total. The van der Waals surface area contributed by atoms with Gasteiger partial charge in [-0.2, -0.15) is 18.2 Å². The lowest BCUT2D eigenvalue weighted by Crippen LogP contribution is -2.34. The van der Waals surface area contributed by atoms with E-state index in [0.29, 0.717) is 12.1 Å². The van der Waals surface area contributed by atoms with E-state index in [1.165, 1.54) is 24.3 Å². The Labute approximate surface area is 180 Å². The zero-order valence-corrected chi connectivity index (χ0v) is 16.7. The molecular weight excluding hydrogens is 428 g/mol. The highest BCUT2D eigenvalue weighted by Gasteiger charge is 2.29. The van der Waals surface area contributed by atoms with Gasteiger partial charge < -0.3 is 15.0 Å². The molecule has 2 heterocycles. The van der Waals surface area contributed by atoms with Crippen molar-refractivity contribution in [2.24, 2.45) is 0 Å². The van der Waals surface area contributed by atoms with E-state index in [-0.39, 0.29) is 24.0 Å². The molecular formula is C22H18F4N4O2. The highest BCUT2D eigenvalue weighted by atomic mass is 19.4. The molecule has 0 unspecified atom stereocenters. The van der Waals surface area contributed by atoms with Gasteiger partial charge in [0.15, 0.2) is 0 Å². The monoisotopic (exact) mass is 446 g/mol. The molecule has 2 aromatic carbocycles. The predicted molar refractivity (Wildman–Crippen MR) is 108 cm³/mol. The van der Waals surface area contributed by atoms with Gasteiger partial charge in [-0.1, -0.05) is 30.3 Å².